The van der Waals surface area contributed by atoms with Crippen LogP contribution in [0.15, 0.2) is 140 Å². The molecule has 9 aromatic rings. The SMILES string of the molecule is c1ccc(-n2c3ccccc3c3ccc4c(ccc5c6ccccc6n(-c6ccnc(-c7cccnc7)n6)c54)c32)cc1. The van der Waals surface area contributed by atoms with Crippen LogP contribution in [0.4, 0.5) is 0 Å². The van der Waals surface area contributed by atoms with Crippen LogP contribution in [0.2, 0.25) is 0 Å². The van der Waals surface area contributed by atoms with Crippen molar-refractivity contribution in [3.63, 3.8) is 0 Å². The molecule has 196 valence electrons. The number of para-hydroxylation sites is 3. The van der Waals surface area contributed by atoms with Crippen molar-refractivity contribution in [3.05, 3.63) is 140 Å². The summed E-state index contributed by atoms with van der Waals surface area (Å²) in [5.74, 6) is 1.48. The van der Waals surface area contributed by atoms with Crippen molar-refractivity contribution in [1.82, 2.24) is 24.1 Å². The summed E-state index contributed by atoms with van der Waals surface area (Å²) in [7, 11) is 0. The fourth-order valence-corrected chi connectivity index (χ4v) is 6.52. The second-order valence-electron chi connectivity index (χ2n) is 10.5. The molecule has 0 unspecified atom stereocenters. The molecular formula is C37H23N5. The van der Waals surface area contributed by atoms with Crippen LogP contribution < -0.4 is 0 Å². The monoisotopic (exact) mass is 537 g/mol. The molecule has 0 N–H and O–H groups in total. The van der Waals surface area contributed by atoms with Gasteiger partial charge in [0.25, 0.3) is 0 Å². The zero-order valence-corrected chi connectivity index (χ0v) is 22.5. The molecule has 42 heavy (non-hydrogen) atoms. The van der Waals surface area contributed by atoms with E-state index in [-0.39, 0.29) is 0 Å². The van der Waals surface area contributed by atoms with Crippen LogP contribution in [0.25, 0.3) is 77.3 Å². The first-order valence-electron chi connectivity index (χ1n) is 14.0. The van der Waals surface area contributed by atoms with Crippen LogP contribution in [-0.2, 0) is 0 Å². The number of aromatic nitrogens is 5. The van der Waals surface area contributed by atoms with E-state index in [0.29, 0.717) is 5.82 Å². The first-order valence-corrected chi connectivity index (χ1v) is 14.0. The van der Waals surface area contributed by atoms with Crippen molar-refractivity contribution in [2.45, 2.75) is 0 Å². The molecule has 5 aromatic carbocycles. The van der Waals surface area contributed by atoms with Gasteiger partial charge >= 0.3 is 0 Å². The summed E-state index contributed by atoms with van der Waals surface area (Å²) < 4.78 is 4.69. The maximum absolute atomic E-state index is 5.06. The summed E-state index contributed by atoms with van der Waals surface area (Å²) in [6.45, 7) is 0. The van der Waals surface area contributed by atoms with Gasteiger partial charge in [-0.15, -0.1) is 0 Å². The molecular weight excluding hydrogens is 514 g/mol. The highest BCUT2D eigenvalue weighted by Crippen LogP contribution is 2.41. The Morgan fingerprint density at radius 3 is 1.71 bits per heavy atom. The van der Waals surface area contributed by atoms with E-state index < -0.39 is 0 Å². The molecule has 4 aromatic heterocycles. The largest absolute Gasteiger partial charge is 0.309 e. The first-order chi connectivity index (χ1) is 20.9. The average Bonchev–Trinajstić information content (AvgIpc) is 3.59. The third-order valence-corrected chi connectivity index (χ3v) is 8.27. The smallest absolute Gasteiger partial charge is 0.163 e. The van der Waals surface area contributed by atoms with Crippen LogP contribution in [0, 0.1) is 0 Å². The van der Waals surface area contributed by atoms with E-state index >= 15 is 0 Å². The molecule has 0 aliphatic heterocycles. The Morgan fingerprint density at radius 2 is 1.05 bits per heavy atom. The molecule has 0 aliphatic carbocycles. The van der Waals surface area contributed by atoms with Gasteiger partial charge < -0.3 is 4.57 Å². The van der Waals surface area contributed by atoms with E-state index in [0.717, 1.165) is 28.1 Å². The molecule has 0 atom stereocenters. The zero-order chi connectivity index (χ0) is 27.6. The lowest BCUT2D eigenvalue weighted by Crippen LogP contribution is -2.01. The predicted molar refractivity (Wildman–Crippen MR) is 171 cm³/mol. The van der Waals surface area contributed by atoms with Gasteiger partial charge in [-0.1, -0.05) is 78.9 Å². The Labute approximate surface area is 241 Å². The lowest BCUT2D eigenvalue weighted by atomic mass is 10.0. The Hall–Kier alpha value is -5.81. The van der Waals surface area contributed by atoms with Crippen LogP contribution in [-0.4, -0.2) is 24.1 Å². The Kier molecular flexibility index (Phi) is 4.83. The summed E-state index contributed by atoms with van der Waals surface area (Å²) in [4.78, 5) is 13.9. The van der Waals surface area contributed by atoms with Crippen molar-refractivity contribution in [2.24, 2.45) is 0 Å². The highest BCUT2D eigenvalue weighted by Gasteiger charge is 2.20. The minimum Gasteiger partial charge on any atom is -0.309 e. The van der Waals surface area contributed by atoms with E-state index in [1.54, 1.807) is 12.4 Å². The van der Waals surface area contributed by atoms with Crippen LogP contribution in [0.3, 0.4) is 0 Å². The van der Waals surface area contributed by atoms with Gasteiger partial charge in [-0.2, -0.15) is 0 Å². The van der Waals surface area contributed by atoms with Crippen LogP contribution in [0.5, 0.6) is 0 Å². The third kappa shape index (κ3) is 3.22. The van der Waals surface area contributed by atoms with E-state index in [9.17, 15) is 0 Å². The fourth-order valence-electron chi connectivity index (χ4n) is 6.52. The number of fused-ring (bicyclic) bond motifs is 9. The normalized spacial score (nSPS) is 11.8. The number of pyridine rings is 1. The van der Waals surface area contributed by atoms with Gasteiger partial charge in [0, 0.05) is 62.2 Å². The predicted octanol–water partition coefficient (Wildman–Crippen LogP) is 8.89. The van der Waals surface area contributed by atoms with Gasteiger partial charge in [-0.05, 0) is 42.5 Å². The summed E-state index contributed by atoms with van der Waals surface area (Å²) in [5, 5.41) is 7.25. The second kappa shape index (κ2) is 8.85. The van der Waals surface area contributed by atoms with Crippen LogP contribution >= 0.6 is 0 Å². The van der Waals surface area contributed by atoms with Crippen molar-refractivity contribution in [3.8, 4) is 22.9 Å². The quantitative estimate of drug-likeness (QED) is 0.226. The van der Waals surface area contributed by atoms with E-state index in [2.05, 4.69) is 122 Å². The molecule has 4 heterocycles. The molecule has 0 saturated heterocycles. The number of hydrogen-bond acceptors (Lipinski definition) is 3. The highest BCUT2D eigenvalue weighted by molar-refractivity contribution is 6.26. The van der Waals surface area contributed by atoms with Crippen molar-refractivity contribution in [2.75, 3.05) is 0 Å². The maximum Gasteiger partial charge on any atom is 0.163 e. The van der Waals surface area contributed by atoms with Gasteiger partial charge in [0.05, 0.1) is 22.1 Å². The van der Waals surface area contributed by atoms with E-state index in [1.807, 2.05) is 24.4 Å². The van der Waals surface area contributed by atoms with E-state index in [4.69, 9.17) is 4.98 Å². The Morgan fingerprint density at radius 1 is 0.452 bits per heavy atom. The molecule has 9 rings (SSSR count). The van der Waals surface area contributed by atoms with Crippen molar-refractivity contribution in [1.29, 1.82) is 0 Å². The fraction of sp³-hybridized carbons (Fsp3) is 0. The molecule has 5 heteroatoms. The lowest BCUT2D eigenvalue weighted by Gasteiger charge is -2.12. The molecule has 0 bridgehead atoms. The van der Waals surface area contributed by atoms with Gasteiger partial charge in [-0.3, -0.25) is 9.55 Å². The summed E-state index contributed by atoms with van der Waals surface area (Å²) in [5.41, 5.74) is 6.68. The molecule has 0 radical (unpaired) electrons. The van der Waals surface area contributed by atoms with Crippen molar-refractivity contribution >= 4 is 54.4 Å². The summed E-state index contributed by atoms with van der Waals surface area (Å²) in [6.07, 6.45) is 5.41. The van der Waals surface area contributed by atoms with Crippen LogP contribution in [0.1, 0.15) is 0 Å². The maximum atomic E-state index is 5.06. The third-order valence-electron chi connectivity index (χ3n) is 8.27. The van der Waals surface area contributed by atoms with Gasteiger partial charge in [0.2, 0.25) is 0 Å². The lowest BCUT2D eigenvalue weighted by molar-refractivity contribution is 1.04. The minimum atomic E-state index is 0.651. The van der Waals surface area contributed by atoms with Gasteiger partial charge in [0.1, 0.15) is 5.82 Å². The average molecular weight is 538 g/mol. The topological polar surface area (TPSA) is 48.5 Å². The zero-order valence-electron chi connectivity index (χ0n) is 22.5. The van der Waals surface area contributed by atoms with Crippen molar-refractivity contribution < 1.29 is 0 Å². The molecule has 5 nitrogen and oxygen atoms in total. The first kappa shape index (κ1) is 22.9. The molecule has 0 amide bonds. The number of hydrogen-bond donors (Lipinski definition) is 0. The van der Waals surface area contributed by atoms with Gasteiger partial charge in [0.15, 0.2) is 5.82 Å². The molecule has 0 spiro atoms. The number of nitrogens with zero attached hydrogens (tertiary/aromatic N) is 5. The Bertz CT molecular complexity index is 2450. The highest BCUT2D eigenvalue weighted by atomic mass is 15.1. The molecule has 0 aliphatic rings. The standard InChI is InChI=1S/C37H23N5/c1-2-10-25(11-3-1)41-32-14-6-4-12-26(32)28-16-19-31-30(35(28)41)18-17-29-27-13-5-7-15-33(27)42(36(29)31)34-20-22-39-37(40-34)24-9-8-21-38-23-24/h1-23H. The number of benzene rings is 5. The Balaban J connectivity index is 1.44. The number of rotatable bonds is 3. The molecule has 0 fully saturated rings. The summed E-state index contributed by atoms with van der Waals surface area (Å²) in [6, 6.07) is 42.9. The summed E-state index contributed by atoms with van der Waals surface area (Å²) >= 11 is 0. The minimum absolute atomic E-state index is 0.651. The second-order valence-corrected chi connectivity index (χ2v) is 10.5. The van der Waals surface area contributed by atoms with Gasteiger partial charge in [-0.25, -0.2) is 9.97 Å². The molecule has 0 saturated carbocycles. The van der Waals surface area contributed by atoms with E-state index in [1.165, 1.54) is 43.4 Å².